The van der Waals surface area contributed by atoms with Gasteiger partial charge in [-0.1, -0.05) is 11.6 Å². The molecule has 0 radical (unpaired) electrons. The number of hydrogen-bond donors (Lipinski definition) is 0. The molecule has 0 aliphatic carbocycles. The van der Waals surface area contributed by atoms with Crippen molar-refractivity contribution in [1.82, 2.24) is 0 Å². The quantitative estimate of drug-likeness (QED) is 0.637. The van der Waals surface area contributed by atoms with Gasteiger partial charge in [0.1, 0.15) is 24.7 Å². The summed E-state index contributed by atoms with van der Waals surface area (Å²) in [6, 6.07) is 9.17. The summed E-state index contributed by atoms with van der Waals surface area (Å²) in [7, 11) is 0. The molecular weight excluding hydrogens is 298 g/mol. The molecule has 108 valence electrons. The van der Waals surface area contributed by atoms with Crippen LogP contribution in [0, 0.1) is 10.1 Å². The van der Waals surface area contributed by atoms with Gasteiger partial charge in [0.2, 0.25) is 0 Å². The maximum absolute atomic E-state index is 10.7. The minimum atomic E-state index is -0.514. The molecule has 2 aromatic carbocycles. The highest BCUT2D eigenvalue weighted by atomic mass is 35.5. The maximum Gasteiger partial charge on any atom is 0.271 e. The van der Waals surface area contributed by atoms with Gasteiger partial charge in [-0.05, 0) is 18.2 Å². The van der Waals surface area contributed by atoms with Crippen LogP contribution in [-0.4, -0.2) is 18.1 Å². The van der Waals surface area contributed by atoms with Crippen molar-refractivity contribution in [2.45, 2.75) is 0 Å². The van der Waals surface area contributed by atoms with Crippen molar-refractivity contribution in [1.29, 1.82) is 0 Å². The Morgan fingerprint density at radius 2 is 1.86 bits per heavy atom. The van der Waals surface area contributed by atoms with Gasteiger partial charge >= 0.3 is 0 Å². The third-order valence-corrected chi connectivity index (χ3v) is 3.16. The van der Waals surface area contributed by atoms with Crippen molar-refractivity contribution >= 4 is 17.3 Å². The molecule has 6 nitrogen and oxygen atoms in total. The van der Waals surface area contributed by atoms with Crippen LogP contribution in [0.25, 0.3) is 0 Å². The molecule has 21 heavy (non-hydrogen) atoms. The van der Waals surface area contributed by atoms with E-state index >= 15 is 0 Å². The minimum absolute atomic E-state index is 0.0884. The molecule has 2 aromatic rings. The van der Waals surface area contributed by atoms with E-state index in [0.29, 0.717) is 36.2 Å². The van der Waals surface area contributed by atoms with E-state index in [4.69, 9.17) is 25.8 Å². The SMILES string of the molecule is O=[N+]([O-])c1ccc(Oc2ccc3c(c2)OCCO3)c(Cl)c1. The minimum Gasteiger partial charge on any atom is -0.486 e. The van der Waals surface area contributed by atoms with Crippen LogP contribution in [0.2, 0.25) is 5.02 Å². The number of nitrogens with zero attached hydrogens (tertiary/aromatic N) is 1. The van der Waals surface area contributed by atoms with Crippen molar-refractivity contribution in [3.8, 4) is 23.0 Å². The van der Waals surface area contributed by atoms with Crippen LogP contribution in [0.5, 0.6) is 23.0 Å². The number of non-ortho nitro benzene ring substituents is 1. The molecule has 0 N–H and O–H groups in total. The number of halogens is 1. The molecule has 0 saturated heterocycles. The molecule has 0 atom stereocenters. The van der Waals surface area contributed by atoms with Crippen molar-refractivity contribution in [3.63, 3.8) is 0 Å². The van der Waals surface area contributed by atoms with E-state index in [1.807, 2.05) is 0 Å². The summed E-state index contributed by atoms with van der Waals surface area (Å²) in [5.74, 6) is 2.09. The number of nitro groups is 1. The first kappa shape index (κ1) is 13.5. The van der Waals surface area contributed by atoms with Crippen LogP contribution < -0.4 is 14.2 Å². The molecule has 0 amide bonds. The monoisotopic (exact) mass is 307 g/mol. The number of hydrogen-bond acceptors (Lipinski definition) is 5. The average molecular weight is 308 g/mol. The largest absolute Gasteiger partial charge is 0.486 e. The zero-order valence-corrected chi connectivity index (χ0v) is 11.5. The molecule has 1 heterocycles. The number of benzene rings is 2. The molecule has 1 aliphatic heterocycles. The Morgan fingerprint density at radius 3 is 2.57 bits per heavy atom. The summed E-state index contributed by atoms with van der Waals surface area (Å²) in [6.07, 6.45) is 0. The summed E-state index contributed by atoms with van der Waals surface area (Å²) in [5, 5.41) is 10.8. The second-order valence-corrected chi connectivity index (χ2v) is 4.69. The summed E-state index contributed by atoms with van der Waals surface area (Å²) in [5.41, 5.74) is -0.0884. The van der Waals surface area contributed by atoms with Crippen LogP contribution in [0.3, 0.4) is 0 Å². The van der Waals surface area contributed by atoms with E-state index in [0.717, 1.165) is 0 Å². The highest BCUT2D eigenvalue weighted by Gasteiger charge is 2.14. The Balaban J connectivity index is 1.85. The van der Waals surface area contributed by atoms with Crippen LogP contribution in [0.4, 0.5) is 5.69 Å². The first-order valence-corrected chi connectivity index (χ1v) is 6.53. The van der Waals surface area contributed by atoms with Gasteiger partial charge in [-0.25, -0.2) is 0 Å². The normalized spacial score (nSPS) is 12.8. The van der Waals surface area contributed by atoms with E-state index in [2.05, 4.69) is 0 Å². The van der Waals surface area contributed by atoms with Gasteiger partial charge in [0.15, 0.2) is 11.5 Å². The molecule has 0 bridgehead atoms. The zero-order valence-electron chi connectivity index (χ0n) is 10.7. The number of ether oxygens (including phenoxy) is 3. The van der Waals surface area contributed by atoms with Crippen molar-refractivity contribution < 1.29 is 19.1 Å². The lowest BCUT2D eigenvalue weighted by Gasteiger charge is -2.19. The number of nitro benzene ring substituents is 1. The van der Waals surface area contributed by atoms with Crippen molar-refractivity contribution in [2.24, 2.45) is 0 Å². The van der Waals surface area contributed by atoms with E-state index in [-0.39, 0.29) is 10.7 Å². The molecular formula is C14H10ClNO5. The highest BCUT2D eigenvalue weighted by Crippen LogP contribution is 2.37. The fourth-order valence-electron chi connectivity index (χ4n) is 1.90. The van der Waals surface area contributed by atoms with Crippen LogP contribution in [-0.2, 0) is 0 Å². The van der Waals surface area contributed by atoms with Crippen LogP contribution in [0.1, 0.15) is 0 Å². The lowest BCUT2D eigenvalue weighted by Crippen LogP contribution is -2.15. The van der Waals surface area contributed by atoms with E-state index < -0.39 is 4.92 Å². The third-order valence-electron chi connectivity index (χ3n) is 2.87. The molecule has 0 aromatic heterocycles. The molecule has 3 rings (SSSR count). The van der Waals surface area contributed by atoms with Crippen molar-refractivity contribution in [3.05, 3.63) is 51.5 Å². The second kappa shape index (κ2) is 5.49. The summed E-state index contributed by atoms with van der Waals surface area (Å²) in [6.45, 7) is 0.996. The van der Waals surface area contributed by atoms with Crippen molar-refractivity contribution in [2.75, 3.05) is 13.2 Å². The van der Waals surface area contributed by atoms with Crippen LogP contribution >= 0.6 is 11.6 Å². The van der Waals surface area contributed by atoms with Gasteiger partial charge in [-0.3, -0.25) is 10.1 Å². The van der Waals surface area contributed by atoms with Gasteiger partial charge < -0.3 is 14.2 Å². The van der Waals surface area contributed by atoms with Gasteiger partial charge in [-0.15, -0.1) is 0 Å². The third kappa shape index (κ3) is 2.85. The Bertz CT molecular complexity index is 704. The van der Waals surface area contributed by atoms with E-state index in [1.54, 1.807) is 18.2 Å². The Morgan fingerprint density at radius 1 is 1.10 bits per heavy atom. The predicted molar refractivity (Wildman–Crippen MR) is 75.6 cm³/mol. The van der Waals surface area contributed by atoms with Gasteiger partial charge in [0, 0.05) is 18.2 Å². The fourth-order valence-corrected chi connectivity index (χ4v) is 2.11. The lowest BCUT2D eigenvalue weighted by atomic mass is 10.2. The Hall–Kier alpha value is -2.47. The Labute approximate surface area is 125 Å². The second-order valence-electron chi connectivity index (χ2n) is 4.28. The van der Waals surface area contributed by atoms with Gasteiger partial charge in [-0.2, -0.15) is 0 Å². The molecule has 0 saturated carbocycles. The smallest absolute Gasteiger partial charge is 0.271 e. The number of fused-ring (bicyclic) bond motifs is 1. The highest BCUT2D eigenvalue weighted by molar-refractivity contribution is 6.32. The van der Waals surface area contributed by atoms with Crippen LogP contribution in [0.15, 0.2) is 36.4 Å². The topological polar surface area (TPSA) is 70.8 Å². The summed E-state index contributed by atoms with van der Waals surface area (Å²) in [4.78, 5) is 10.1. The molecule has 1 aliphatic rings. The number of rotatable bonds is 3. The molecule has 0 fully saturated rings. The maximum atomic E-state index is 10.7. The van der Waals surface area contributed by atoms with Gasteiger partial charge in [0.05, 0.1) is 9.95 Å². The Kier molecular flexibility index (Phi) is 3.53. The zero-order chi connectivity index (χ0) is 14.8. The molecule has 7 heteroatoms. The fraction of sp³-hybridized carbons (Fsp3) is 0.143. The first-order chi connectivity index (χ1) is 10.1. The summed E-state index contributed by atoms with van der Waals surface area (Å²) < 4.78 is 16.5. The van der Waals surface area contributed by atoms with Gasteiger partial charge in [0.25, 0.3) is 5.69 Å². The lowest BCUT2D eigenvalue weighted by molar-refractivity contribution is -0.384. The molecule has 0 spiro atoms. The standard InChI is InChI=1S/C14H10ClNO5/c15-11-7-9(16(17)18)1-3-12(11)21-10-2-4-13-14(8-10)20-6-5-19-13/h1-4,7-8H,5-6H2. The predicted octanol–water partition coefficient (Wildman–Crippen LogP) is 3.81. The first-order valence-electron chi connectivity index (χ1n) is 6.15. The van der Waals surface area contributed by atoms with E-state index in [1.165, 1.54) is 18.2 Å². The average Bonchev–Trinajstić information content (AvgIpc) is 2.49. The summed E-state index contributed by atoms with van der Waals surface area (Å²) >= 11 is 5.98. The molecule has 0 unspecified atom stereocenters. The van der Waals surface area contributed by atoms with E-state index in [9.17, 15) is 10.1 Å².